The number of carbonyl (C=O) groups excluding carboxylic acids is 2. The second-order valence-corrected chi connectivity index (χ2v) is 5.84. The number of carboxylic acids is 1. The molecule has 1 saturated heterocycles. The summed E-state index contributed by atoms with van der Waals surface area (Å²) < 4.78 is 5.64. The van der Waals surface area contributed by atoms with E-state index in [4.69, 9.17) is 10.5 Å². The zero-order valence-corrected chi connectivity index (χ0v) is 12.5. The first-order valence-corrected chi connectivity index (χ1v) is 7.27. The van der Waals surface area contributed by atoms with Gasteiger partial charge in [-0.25, -0.2) is 4.79 Å². The van der Waals surface area contributed by atoms with E-state index in [-0.39, 0.29) is 6.54 Å². The average Bonchev–Trinajstić information content (AvgIpc) is 2.97. The van der Waals surface area contributed by atoms with Gasteiger partial charge in [0.15, 0.2) is 0 Å². The van der Waals surface area contributed by atoms with Crippen LogP contribution in [0.15, 0.2) is 18.2 Å². The van der Waals surface area contributed by atoms with Crippen molar-refractivity contribution in [3.05, 3.63) is 18.2 Å². The van der Waals surface area contributed by atoms with Crippen LogP contribution in [0.3, 0.4) is 0 Å². The van der Waals surface area contributed by atoms with E-state index < -0.39 is 29.4 Å². The number of amides is 2. The number of nitrogens with zero attached hydrogens (tertiary/aromatic N) is 1. The number of carbonyl (C=O) groups is 3. The number of hydrogen-bond donors (Lipinski definition) is 3. The molecule has 122 valence electrons. The topological polar surface area (TPSA) is 122 Å². The van der Waals surface area contributed by atoms with Crippen LogP contribution in [0.5, 0.6) is 5.75 Å². The molecule has 1 fully saturated rings. The molecule has 0 aliphatic carbocycles. The Morgan fingerprint density at radius 1 is 1.48 bits per heavy atom. The zero-order valence-electron chi connectivity index (χ0n) is 12.5. The summed E-state index contributed by atoms with van der Waals surface area (Å²) in [6.45, 7) is 1.64. The molecule has 2 heterocycles. The van der Waals surface area contributed by atoms with Gasteiger partial charge in [0.2, 0.25) is 0 Å². The van der Waals surface area contributed by atoms with Crippen LogP contribution in [0, 0.1) is 0 Å². The maximum atomic E-state index is 12.8. The van der Waals surface area contributed by atoms with E-state index in [1.807, 2.05) is 0 Å². The Morgan fingerprint density at radius 2 is 2.22 bits per heavy atom. The molecule has 0 bridgehead atoms. The molecule has 0 saturated carbocycles. The Kier molecular flexibility index (Phi) is 3.39. The Labute approximate surface area is 132 Å². The third-order valence-corrected chi connectivity index (χ3v) is 4.21. The smallest absolute Gasteiger partial charge is 0.326 e. The lowest BCUT2D eigenvalue weighted by Crippen LogP contribution is -2.61. The van der Waals surface area contributed by atoms with Gasteiger partial charge in [-0.15, -0.1) is 0 Å². The van der Waals surface area contributed by atoms with Crippen LogP contribution < -0.4 is 15.8 Å². The average molecular weight is 319 g/mol. The Morgan fingerprint density at radius 3 is 2.91 bits per heavy atom. The minimum absolute atomic E-state index is 0.288. The van der Waals surface area contributed by atoms with Gasteiger partial charge in [0.1, 0.15) is 11.8 Å². The van der Waals surface area contributed by atoms with Crippen LogP contribution in [0.25, 0.3) is 0 Å². The monoisotopic (exact) mass is 319 g/mol. The highest BCUT2D eigenvalue weighted by molar-refractivity contribution is 6.16. The molecule has 8 nitrogen and oxygen atoms in total. The fraction of sp³-hybridized carbons (Fsp3) is 0.400. The normalized spacial score (nSPS) is 26.2. The van der Waals surface area contributed by atoms with Crippen molar-refractivity contribution in [2.75, 3.05) is 17.6 Å². The molecular formula is C15H17N3O5. The Bertz CT molecular complexity index is 704. The molecule has 2 atom stereocenters. The van der Waals surface area contributed by atoms with Crippen molar-refractivity contribution in [2.24, 2.45) is 0 Å². The molecule has 2 amide bonds. The summed E-state index contributed by atoms with van der Waals surface area (Å²) in [5.41, 5.74) is 4.69. The van der Waals surface area contributed by atoms with Gasteiger partial charge in [0.05, 0.1) is 5.69 Å². The van der Waals surface area contributed by atoms with Crippen molar-refractivity contribution < 1.29 is 24.2 Å². The zero-order chi connectivity index (χ0) is 16.8. The van der Waals surface area contributed by atoms with E-state index in [0.29, 0.717) is 30.0 Å². The molecule has 8 heteroatoms. The number of hydrogen-bond acceptors (Lipinski definition) is 5. The van der Waals surface area contributed by atoms with Crippen LogP contribution in [0.2, 0.25) is 0 Å². The lowest BCUT2D eigenvalue weighted by Gasteiger charge is -2.36. The molecule has 1 aromatic rings. The summed E-state index contributed by atoms with van der Waals surface area (Å²) in [7, 11) is 0. The molecule has 0 aromatic heterocycles. The second kappa shape index (κ2) is 5.15. The van der Waals surface area contributed by atoms with E-state index in [1.165, 1.54) is 17.9 Å². The van der Waals surface area contributed by atoms with E-state index >= 15 is 0 Å². The summed E-state index contributed by atoms with van der Waals surface area (Å²) in [5.74, 6) is -2.05. The minimum atomic E-state index is -1.80. The number of anilines is 2. The van der Waals surface area contributed by atoms with Crippen molar-refractivity contribution in [3.8, 4) is 5.75 Å². The molecule has 0 spiro atoms. The summed E-state index contributed by atoms with van der Waals surface area (Å²) in [6, 6.07) is 3.77. The first-order valence-electron chi connectivity index (χ1n) is 7.27. The largest absolute Gasteiger partial charge is 0.480 e. The summed E-state index contributed by atoms with van der Waals surface area (Å²) in [4.78, 5) is 37.6. The van der Waals surface area contributed by atoms with Crippen LogP contribution in [0.1, 0.15) is 19.8 Å². The number of ether oxygens (including phenoxy) is 1. The van der Waals surface area contributed by atoms with E-state index in [9.17, 15) is 19.5 Å². The predicted octanol–water partition coefficient (Wildman–Crippen LogP) is 0.434. The third-order valence-electron chi connectivity index (χ3n) is 4.21. The van der Waals surface area contributed by atoms with Crippen molar-refractivity contribution >= 4 is 29.2 Å². The lowest BCUT2D eigenvalue weighted by atomic mass is 10.00. The molecule has 23 heavy (non-hydrogen) atoms. The fourth-order valence-electron chi connectivity index (χ4n) is 2.92. The summed E-state index contributed by atoms with van der Waals surface area (Å²) >= 11 is 0. The van der Waals surface area contributed by atoms with Crippen LogP contribution >= 0.6 is 0 Å². The first-order chi connectivity index (χ1) is 10.8. The van der Waals surface area contributed by atoms with Gasteiger partial charge in [0.25, 0.3) is 17.4 Å². The number of nitrogen functional groups attached to an aromatic ring is 1. The molecule has 4 N–H and O–H groups in total. The van der Waals surface area contributed by atoms with Gasteiger partial charge < -0.3 is 25.8 Å². The van der Waals surface area contributed by atoms with Gasteiger partial charge in [0, 0.05) is 12.2 Å². The van der Waals surface area contributed by atoms with Gasteiger partial charge in [-0.1, -0.05) is 0 Å². The van der Waals surface area contributed by atoms with E-state index in [2.05, 4.69) is 5.32 Å². The number of carboxylic acid groups (broad SMARTS) is 1. The number of aliphatic carboxylic acids is 1. The number of benzene rings is 1. The van der Waals surface area contributed by atoms with Crippen molar-refractivity contribution in [1.82, 2.24) is 4.90 Å². The van der Waals surface area contributed by atoms with Crippen molar-refractivity contribution in [2.45, 2.75) is 31.4 Å². The molecule has 3 rings (SSSR count). The Hall–Kier alpha value is -2.77. The van der Waals surface area contributed by atoms with Crippen molar-refractivity contribution in [3.63, 3.8) is 0 Å². The van der Waals surface area contributed by atoms with Crippen LogP contribution in [0.4, 0.5) is 11.4 Å². The molecule has 1 aromatic carbocycles. The molecule has 2 aliphatic rings. The maximum Gasteiger partial charge on any atom is 0.326 e. The van der Waals surface area contributed by atoms with Crippen molar-refractivity contribution in [1.29, 1.82) is 0 Å². The first kappa shape index (κ1) is 15.1. The predicted molar refractivity (Wildman–Crippen MR) is 80.9 cm³/mol. The highest BCUT2D eigenvalue weighted by atomic mass is 16.5. The number of rotatable bonds is 2. The van der Waals surface area contributed by atoms with Gasteiger partial charge in [-0.2, -0.15) is 0 Å². The molecule has 0 unspecified atom stereocenters. The standard InChI is InChI=1S/C15H17N3O5/c1-15(14(22)18-6-2-3-10(18)12(19)20)13(21)17-9-7-8(16)4-5-11(9)23-15/h4-5,7,10H,2-3,6,16H2,1H3,(H,17,21)(H,19,20)/t10-,15+/m0/s1. The third kappa shape index (κ3) is 2.36. The highest BCUT2D eigenvalue weighted by Crippen LogP contribution is 2.36. The minimum Gasteiger partial charge on any atom is -0.480 e. The summed E-state index contributed by atoms with van der Waals surface area (Å²) in [6.07, 6.45) is 0.944. The lowest BCUT2D eigenvalue weighted by molar-refractivity contribution is -0.160. The summed E-state index contributed by atoms with van der Waals surface area (Å²) in [5, 5.41) is 11.8. The SMILES string of the molecule is C[C@@]1(C(=O)N2CCC[C@H]2C(=O)O)Oc2ccc(N)cc2NC1=O. The number of nitrogens with two attached hydrogens (primary N) is 1. The van der Waals surface area contributed by atoms with Crippen LogP contribution in [-0.4, -0.2) is 46.0 Å². The fourth-order valence-corrected chi connectivity index (χ4v) is 2.92. The number of fused-ring (bicyclic) bond motifs is 1. The highest BCUT2D eigenvalue weighted by Gasteiger charge is 2.52. The Balaban J connectivity index is 1.92. The quantitative estimate of drug-likeness (QED) is 0.537. The molecule has 2 aliphatic heterocycles. The number of likely N-dealkylation sites (tertiary alicyclic amines) is 1. The molecular weight excluding hydrogens is 302 g/mol. The van der Waals surface area contributed by atoms with E-state index in [0.717, 1.165) is 0 Å². The maximum absolute atomic E-state index is 12.8. The van der Waals surface area contributed by atoms with Crippen LogP contribution in [-0.2, 0) is 14.4 Å². The molecule has 0 radical (unpaired) electrons. The van der Waals surface area contributed by atoms with Gasteiger partial charge >= 0.3 is 5.97 Å². The van der Waals surface area contributed by atoms with Gasteiger partial charge in [-0.05, 0) is 38.0 Å². The second-order valence-electron chi connectivity index (χ2n) is 5.84. The van der Waals surface area contributed by atoms with E-state index in [1.54, 1.807) is 12.1 Å². The van der Waals surface area contributed by atoms with Gasteiger partial charge in [-0.3, -0.25) is 9.59 Å². The number of nitrogens with one attached hydrogen (secondary N) is 1.